The molecule has 0 unspecified atom stereocenters. The van der Waals surface area contributed by atoms with Gasteiger partial charge in [0.15, 0.2) is 0 Å². The van der Waals surface area contributed by atoms with E-state index in [9.17, 15) is 14.7 Å². The number of carbonyl (C=O) groups excluding carboxylic acids is 2. The normalized spacial score (nSPS) is 16.4. The van der Waals surface area contributed by atoms with Gasteiger partial charge in [-0.2, -0.15) is 0 Å². The number of phenolic OH excluding ortho intramolecular Hbond substituents is 1. The summed E-state index contributed by atoms with van der Waals surface area (Å²) >= 11 is 0. The van der Waals surface area contributed by atoms with Gasteiger partial charge in [0, 0.05) is 11.6 Å². The van der Waals surface area contributed by atoms with E-state index >= 15 is 0 Å². The zero-order chi connectivity index (χ0) is 20.1. The van der Waals surface area contributed by atoms with E-state index in [0.717, 1.165) is 11.3 Å². The van der Waals surface area contributed by atoms with Crippen molar-refractivity contribution in [3.8, 4) is 5.75 Å². The molecule has 0 radical (unpaired) electrons. The molecule has 2 aromatic carbocycles. The van der Waals surface area contributed by atoms with Gasteiger partial charge < -0.3 is 15.7 Å². The van der Waals surface area contributed by atoms with Gasteiger partial charge in [-0.1, -0.05) is 30.3 Å². The van der Waals surface area contributed by atoms with Gasteiger partial charge in [0.1, 0.15) is 5.75 Å². The Morgan fingerprint density at radius 2 is 1.61 bits per heavy atom. The SMILES string of the molecule is Cc1ccccc1NC(=O)[C@@H](C)N1CCC(C(=O)Nc2ccccc2O)CC1. The summed E-state index contributed by atoms with van der Waals surface area (Å²) in [5.74, 6) is -0.179. The van der Waals surface area contributed by atoms with Crippen molar-refractivity contribution in [2.24, 2.45) is 5.92 Å². The summed E-state index contributed by atoms with van der Waals surface area (Å²) in [4.78, 5) is 27.2. The highest BCUT2D eigenvalue weighted by Gasteiger charge is 2.30. The number of anilines is 2. The van der Waals surface area contributed by atoms with Crippen molar-refractivity contribution in [2.75, 3.05) is 23.7 Å². The molecule has 2 aromatic rings. The number of nitrogens with zero attached hydrogens (tertiary/aromatic N) is 1. The highest BCUT2D eigenvalue weighted by Crippen LogP contribution is 2.25. The molecule has 3 rings (SSSR count). The van der Waals surface area contributed by atoms with Crippen LogP contribution in [0.1, 0.15) is 25.3 Å². The quantitative estimate of drug-likeness (QED) is 0.694. The van der Waals surface area contributed by atoms with E-state index < -0.39 is 0 Å². The summed E-state index contributed by atoms with van der Waals surface area (Å²) in [7, 11) is 0. The minimum Gasteiger partial charge on any atom is -0.506 e. The van der Waals surface area contributed by atoms with Crippen LogP contribution in [0.5, 0.6) is 5.75 Å². The van der Waals surface area contributed by atoms with E-state index in [4.69, 9.17) is 0 Å². The van der Waals surface area contributed by atoms with Crippen molar-refractivity contribution in [2.45, 2.75) is 32.7 Å². The van der Waals surface area contributed by atoms with Crippen molar-refractivity contribution in [3.63, 3.8) is 0 Å². The fraction of sp³-hybridized carbons (Fsp3) is 0.364. The predicted octanol–water partition coefficient (Wildman–Crippen LogP) is 3.38. The maximum absolute atomic E-state index is 12.6. The maximum Gasteiger partial charge on any atom is 0.241 e. The fourth-order valence-electron chi connectivity index (χ4n) is 3.48. The second kappa shape index (κ2) is 8.89. The Balaban J connectivity index is 1.51. The number of phenols is 1. The van der Waals surface area contributed by atoms with Crippen molar-refractivity contribution in [1.29, 1.82) is 0 Å². The first-order chi connectivity index (χ1) is 13.5. The van der Waals surface area contributed by atoms with Crippen LogP contribution in [-0.2, 0) is 9.59 Å². The average Bonchev–Trinajstić information content (AvgIpc) is 2.71. The number of carbonyl (C=O) groups is 2. The lowest BCUT2D eigenvalue weighted by molar-refractivity contribution is -0.123. The molecule has 2 amide bonds. The third-order valence-electron chi connectivity index (χ3n) is 5.39. The lowest BCUT2D eigenvalue weighted by atomic mass is 9.94. The number of aromatic hydroxyl groups is 1. The van der Waals surface area contributed by atoms with Gasteiger partial charge in [0.25, 0.3) is 0 Å². The van der Waals surface area contributed by atoms with Gasteiger partial charge in [-0.3, -0.25) is 14.5 Å². The number of nitrogens with one attached hydrogen (secondary N) is 2. The smallest absolute Gasteiger partial charge is 0.241 e. The van der Waals surface area contributed by atoms with Crippen LogP contribution < -0.4 is 10.6 Å². The number of amides is 2. The van der Waals surface area contributed by atoms with Gasteiger partial charge in [-0.05, 0) is 63.5 Å². The van der Waals surface area contributed by atoms with E-state index in [2.05, 4.69) is 15.5 Å². The lowest BCUT2D eigenvalue weighted by Gasteiger charge is -2.34. The molecule has 148 valence electrons. The first kappa shape index (κ1) is 19.9. The number of piperidine rings is 1. The molecule has 6 nitrogen and oxygen atoms in total. The van der Waals surface area contributed by atoms with Crippen molar-refractivity contribution in [3.05, 3.63) is 54.1 Å². The van der Waals surface area contributed by atoms with Gasteiger partial charge >= 0.3 is 0 Å². The van der Waals surface area contributed by atoms with Gasteiger partial charge in [-0.25, -0.2) is 0 Å². The average molecular weight is 381 g/mol. The molecule has 1 fully saturated rings. The van der Waals surface area contributed by atoms with E-state index in [1.807, 2.05) is 38.1 Å². The first-order valence-corrected chi connectivity index (χ1v) is 9.65. The van der Waals surface area contributed by atoms with Crippen molar-refractivity contribution in [1.82, 2.24) is 4.90 Å². The number of benzene rings is 2. The molecule has 0 saturated carbocycles. The van der Waals surface area contributed by atoms with Gasteiger partial charge in [0.2, 0.25) is 11.8 Å². The third-order valence-corrected chi connectivity index (χ3v) is 5.39. The number of aryl methyl sites for hydroxylation is 1. The topological polar surface area (TPSA) is 81.7 Å². The molecule has 1 atom stereocenters. The second-order valence-electron chi connectivity index (χ2n) is 7.30. The van der Waals surface area contributed by atoms with Crippen molar-refractivity contribution >= 4 is 23.2 Å². The molecular weight excluding hydrogens is 354 g/mol. The molecule has 1 saturated heterocycles. The Morgan fingerprint density at radius 3 is 2.25 bits per heavy atom. The van der Waals surface area contributed by atoms with Crippen LogP contribution in [0.15, 0.2) is 48.5 Å². The summed E-state index contributed by atoms with van der Waals surface area (Å²) < 4.78 is 0. The maximum atomic E-state index is 12.6. The molecule has 0 aliphatic carbocycles. The molecule has 0 aromatic heterocycles. The number of hydrogen-bond acceptors (Lipinski definition) is 4. The Labute approximate surface area is 165 Å². The lowest BCUT2D eigenvalue weighted by Crippen LogP contribution is -2.47. The number of rotatable bonds is 5. The molecule has 28 heavy (non-hydrogen) atoms. The minimum absolute atomic E-state index is 0.0357. The van der Waals surface area contributed by atoms with Crippen LogP contribution in [0.3, 0.4) is 0 Å². The molecule has 1 aliphatic rings. The van der Waals surface area contributed by atoms with Gasteiger partial charge in [0.05, 0.1) is 11.7 Å². The molecule has 0 spiro atoms. The number of likely N-dealkylation sites (tertiary alicyclic amines) is 1. The number of para-hydroxylation sites is 3. The Kier molecular flexibility index (Phi) is 6.31. The van der Waals surface area contributed by atoms with Crippen molar-refractivity contribution < 1.29 is 14.7 Å². The molecule has 6 heteroatoms. The summed E-state index contributed by atoms with van der Waals surface area (Å²) in [6.45, 7) is 5.23. The fourth-order valence-corrected chi connectivity index (χ4v) is 3.48. The largest absolute Gasteiger partial charge is 0.506 e. The minimum atomic E-state index is -0.262. The zero-order valence-electron chi connectivity index (χ0n) is 16.3. The Hall–Kier alpha value is -2.86. The number of hydrogen-bond donors (Lipinski definition) is 3. The van der Waals surface area contributed by atoms with Crippen LogP contribution in [0.4, 0.5) is 11.4 Å². The van der Waals surface area contributed by atoms with E-state index in [1.165, 1.54) is 0 Å². The molecule has 0 bridgehead atoms. The monoisotopic (exact) mass is 381 g/mol. The summed E-state index contributed by atoms with van der Waals surface area (Å²) in [5.41, 5.74) is 2.29. The second-order valence-corrected chi connectivity index (χ2v) is 7.30. The zero-order valence-corrected chi connectivity index (χ0v) is 16.3. The van der Waals surface area contributed by atoms with Crippen LogP contribution >= 0.6 is 0 Å². The highest BCUT2D eigenvalue weighted by molar-refractivity contribution is 5.95. The summed E-state index contributed by atoms with van der Waals surface area (Å²) in [5, 5.41) is 15.6. The Bertz CT molecular complexity index is 844. The molecule has 1 aliphatic heterocycles. The predicted molar refractivity (Wildman–Crippen MR) is 110 cm³/mol. The van der Waals surface area contributed by atoms with Crippen LogP contribution in [0, 0.1) is 12.8 Å². The van der Waals surface area contributed by atoms with E-state index in [0.29, 0.717) is 31.6 Å². The van der Waals surface area contributed by atoms with E-state index in [1.54, 1.807) is 24.3 Å². The molecule has 3 N–H and O–H groups in total. The summed E-state index contributed by atoms with van der Waals surface area (Å²) in [6, 6.07) is 14.2. The first-order valence-electron chi connectivity index (χ1n) is 9.65. The van der Waals surface area contributed by atoms with Gasteiger partial charge in [-0.15, -0.1) is 0 Å². The Morgan fingerprint density at radius 1 is 1.00 bits per heavy atom. The van der Waals surface area contributed by atoms with Crippen LogP contribution in [0.25, 0.3) is 0 Å². The highest BCUT2D eigenvalue weighted by atomic mass is 16.3. The van der Waals surface area contributed by atoms with E-state index in [-0.39, 0.29) is 29.5 Å². The third kappa shape index (κ3) is 4.70. The molecular formula is C22H27N3O3. The standard InChI is InChI=1S/C22H27N3O3/c1-15-7-3-4-8-18(15)23-21(27)16(2)25-13-11-17(12-14-25)22(28)24-19-9-5-6-10-20(19)26/h3-10,16-17,26H,11-14H2,1-2H3,(H,23,27)(H,24,28)/t16-/m1/s1. The summed E-state index contributed by atoms with van der Waals surface area (Å²) in [6.07, 6.45) is 1.36. The van der Waals surface area contributed by atoms with Crippen LogP contribution in [-0.4, -0.2) is 41.0 Å². The van der Waals surface area contributed by atoms with Crippen LogP contribution in [0.2, 0.25) is 0 Å². The molecule has 1 heterocycles.